The van der Waals surface area contributed by atoms with Gasteiger partial charge in [-0.05, 0) is 59.0 Å². The van der Waals surface area contributed by atoms with Crippen molar-refractivity contribution in [2.75, 3.05) is 19.6 Å². The molecular weight excluding hydrogens is 342 g/mol. The fraction of sp³-hybridized carbons (Fsp3) is 0.750. The molecule has 0 aliphatic carbocycles. The van der Waals surface area contributed by atoms with Crippen molar-refractivity contribution in [1.82, 2.24) is 25.1 Å². The van der Waals surface area contributed by atoms with Crippen LogP contribution >= 0.6 is 0 Å². The molecule has 1 saturated heterocycles. The number of hydrogen-bond acceptors (Lipinski definition) is 5. The van der Waals surface area contributed by atoms with Gasteiger partial charge in [-0.3, -0.25) is 9.48 Å². The van der Waals surface area contributed by atoms with Gasteiger partial charge in [0, 0.05) is 13.6 Å². The monoisotopic (exact) mass is 371 g/mol. The van der Waals surface area contributed by atoms with Crippen LogP contribution in [0.5, 0.6) is 0 Å². The minimum atomic E-state index is -3.79. The first-order chi connectivity index (χ1) is 11.7. The minimum absolute atomic E-state index is 0.142. The second kappa shape index (κ2) is 8.29. The van der Waals surface area contributed by atoms with Crippen LogP contribution in [0, 0.1) is 19.8 Å². The highest BCUT2D eigenvalue weighted by Crippen LogP contribution is 2.18. The summed E-state index contributed by atoms with van der Waals surface area (Å²) in [5.41, 5.74) is 0.965. The van der Waals surface area contributed by atoms with E-state index in [1.54, 1.807) is 27.8 Å². The topological polar surface area (TPSA) is 105 Å². The van der Waals surface area contributed by atoms with Gasteiger partial charge in [0.15, 0.2) is 0 Å². The van der Waals surface area contributed by atoms with E-state index in [4.69, 9.17) is 0 Å². The van der Waals surface area contributed by atoms with E-state index in [1.807, 2.05) is 0 Å². The second-order valence-corrected chi connectivity index (χ2v) is 8.41. The summed E-state index contributed by atoms with van der Waals surface area (Å²) >= 11 is 0. The van der Waals surface area contributed by atoms with Crippen molar-refractivity contribution in [1.29, 1.82) is 0 Å². The third-order valence-corrected chi connectivity index (χ3v) is 6.48. The number of nitrogens with zero attached hydrogens (tertiary/aromatic N) is 2. The van der Waals surface area contributed by atoms with E-state index in [2.05, 4.69) is 20.5 Å². The predicted octanol–water partition coefficient (Wildman–Crippen LogP) is 0.210. The van der Waals surface area contributed by atoms with Gasteiger partial charge in [-0.15, -0.1) is 0 Å². The molecule has 2 unspecified atom stereocenters. The van der Waals surface area contributed by atoms with Crippen molar-refractivity contribution in [2.45, 2.75) is 51.0 Å². The van der Waals surface area contributed by atoms with Crippen LogP contribution in [-0.2, 0) is 21.9 Å². The number of carbonyl (C=O) groups is 1. The summed E-state index contributed by atoms with van der Waals surface area (Å²) in [6.07, 6.45) is 3.24. The maximum Gasteiger partial charge on any atom is 0.244 e. The number of sulfonamides is 1. The van der Waals surface area contributed by atoms with Crippen LogP contribution in [-0.4, -0.2) is 49.8 Å². The molecule has 1 aliphatic heterocycles. The number of rotatable bonds is 7. The number of aryl methyl sites for hydroxylation is 2. The number of piperidine rings is 1. The molecule has 1 aromatic rings. The molecule has 2 atom stereocenters. The summed E-state index contributed by atoms with van der Waals surface area (Å²) in [5.74, 6) is 0.258. The van der Waals surface area contributed by atoms with Crippen LogP contribution in [0.25, 0.3) is 0 Å². The Bertz CT molecular complexity index is 708. The Morgan fingerprint density at radius 2 is 2.16 bits per heavy atom. The van der Waals surface area contributed by atoms with Gasteiger partial charge in [-0.25, -0.2) is 8.42 Å². The zero-order chi connectivity index (χ0) is 18.6. The zero-order valence-electron chi connectivity index (χ0n) is 15.4. The van der Waals surface area contributed by atoms with E-state index >= 15 is 0 Å². The Morgan fingerprint density at radius 1 is 1.44 bits per heavy atom. The lowest BCUT2D eigenvalue weighted by Crippen LogP contribution is -2.45. The molecular formula is C16H29N5O3S. The normalized spacial score (nSPS) is 19.6. The van der Waals surface area contributed by atoms with Crippen LogP contribution in [0.2, 0.25) is 0 Å². The Balaban J connectivity index is 1.89. The highest BCUT2D eigenvalue weighted by molar-refractivity contribution is 7.89. The van der Waals surface area contributed by atoms with Crippen LogP contribution in [0.3, 0.4) is 0 Å². The summed E-state index contributed by atoms with van der Waals surface area (Å²) in [5, 5.41) is 10.3. The molecule has 8 nitrogen and oxygen atoms in total. The van der Waals surface area contributed by atoms with Crippen LogP contribution < -0.4 is 15.4 Å². The molecule has 0 radical (unpaired) electrons. The van der Waals surface area contributed by atoms with Crippen molar-refractivity contribution < 1.29 is 13.2 Å². The summed E-state index contributed by atoms with van der Waals surface area (Å²) in [7, 11) is -2.10. The highest BCUT2D eigenvalue weighted by atomic mass is 32.2. The number of aromatic nitrogens is 2. The molecule has 1 aromatic heterocycles. The van der Waals surface area contributed by atoms with Gasteiger partial charge in [0.2, 0.25) is 15.9 Å². The van der Waals surface area contributed by atoms with Gasteiger partial charge in [0.25, 0.3) is 0 Å². The van der Waals surface area contributed by atoms with Crippen LogP contribution in [0.4, 0.5) is 0 Å². The largest absolute Gasteiger partial charge is 0.355 e. The first-order valence-corrected chi connectivity index (χ1v) is 10.2. The number of hydrogen-bond donors (Lipinski definition) is 3. The molecule has 2 heterocycles. The van der Waals surface area contributed by atoms with E-state index in [9.17, 15) is 13.2 Å². The van der Waals surface area contributed by atoms with Crippen molar-refractivity contribution in [2.24, 2.45) is 13.0 Å². The summed E-state index contributed by atoms with van der Waals surface area (Å²) in [4.78, 5) is 12.3. The van der Waals surface area contributed by atoms with Gasteiger partial charge < -0.3 is 10.6 Å². The van der Waals surface area contributed by atoms with E-state index in [0.29, 0.717) is 23.9 Å². The molecule has 9 heteroatoms. The van der Waals surface area contributed by atoms with Crippen molar-refractivity contribution in [3.05, 3.63) is 11.4 Å². The Morgan fingerprint density at radius 3 is 2.72 bits per heavy atom. The van der Waals surface area contributed by atoms with Gasteiger partial charge in [0.1, 0.15) is 4.90 Å². The smallest absolute Gasteiger partial charge is 0.244 e. The summed E-state index contributed by atoms with van der Waals surface area (Å²) in [6, 6.07) is -0.839. The average molecular weight is 372 g/mol. The maximum atomic E-state index is 12.6. The van der Waals surface area contributed by atoms with E-state index in [0.717, 1.165) is 19.5 Å². The molecule has 1 amide bonds. The average Bonchev–Trinajstić information content (AvgIpc) is 2.80. The number of amides is 1. The van der Waals surface area contributed by atoms with Crippen molar-refractivity contribution in [3.8, 4) is 0 Å². The van der Waals surface area contributed by atoms with Crippen LogP contribution in [0.15, 0.2) is 4.90 Å². The Hall–Kier alpha value is -1.45. The lowest BCUT2D eigenvalue weighted by atomic mass is 9.96. The predicted molar refractivity (Wildman–Crippen MR) is 95.7 cm³/mol. The minimum Gasteiger partial charge on any atom is -0.355 e. The third kappa shape index (κ3) is 5.02. The van der Waals surface area contributed by atoms with E-state index in [1.165, 1.54) is 17.5 Å². The third-order valence-electron chi connectivity index (χ3n) is 4.69. The van der Waals surface area contributed by atoms with Gasteiger partial charge >= 0.3 is 0 Å². The van der Waals surface area contributed by atoms with E-state index < -0.39 is 16.1 Å². The number of nitrogens with one attached hydrogen (secondary N) is 3. The lowest BCUT2D eigenvalue weighted by molar-refractivity contribution is -0.122. The first-order valence-electron chi connectivity index (χ1n) is 8.73. The molecule has 0 saturated carbocycles. The standard InChI is InChI=1S/C16H29N5O3S/c1-11-15(13(3)21(4)19-11)25(23,24)20-12(2)16(22)18-9-7-14-6-5-8-17-10-14/h12,14,17,20H,5-10H2,1-4H3,(H,18,22). The summed E-state index contributed by atoms with van der Waals surface area (Å²) < 4.78 is 29.1. The summed E-state index contributed by atoms with van der Waals surface area (Å²) in [6.45, 7) is 7.49. The molecule has 1 aliphatic rings. The van der Waals surface area contributed by atoms with Crippen molar-refractivity contribution >= 4 is 15.9 Å². The van der Waals surface area contributed by atoms with Crippen molar-refractivity contribution in [3.63, 3.8) is 0 Å². The first kappa shape index (κ1) is 19.9. The molecule has 0 aromatic carbocycles. The highest BCUT2D eigenvalue weighted by Gasteiger charge is 2.27. The molecule has 0 bridgehead atoms. The second-order valence-electron chi connectivity index (χ2n) is 6.76. The molecule has 0 spiro atoms. The fourth-order valence-corrected chi connectivity index (χ4v) is 4.85. The molecule has 25 heavy (non-hydrogen) atoms. The van der Waals surface area contributed by atoms with E-state index in [-0.39, 0.29) is 10.8 Å². The zero-order valence-corrected chi connectivity index (χ0v) is 16.2. The molecule has 3 N–H and O–H groups in total. The molecule has 2 rings (SSSR count). The molecule has 1 fully saturated rings. The quantitative estimate of drug-likeness (QED) is 0.635. The molecule has 142 valence electrons. The van der Waals surface area contributed by atoms with Crippen LogP contribution in [0.1, 0.15) is 37.6 Å². The van der Waals surface area contributed by atoms with Gasteiger partial charge in [-0.2, -0.15) is 9.82 Å². The SMILES string of the molecule is Cc1nn(C)c(C)c1S(=O)(=O)NC(C)C(=O)NCCC1CCCNC1. The maximum absolute atomic E-state index is 12.6. The number of carbonyl (C=O) groups excluding carboxylic acids is 1. The fourth-order valence-electron chi connectivity index (χ4n) is 3.21. The van der Waals surface area contributed by atoms with Gasteiger partial charge in [-0.1, -0.05) is 0 Å². The Labute approximate surface area is 149 Å². The Kier molecular flexibility index (Phi) is 6.59. The lowest BCUT2D eigenvalue weighted by Gasteiger charge is -2.23. The van der Waals surface area contributed by atoms with Gasteiger partial charge in [0.05, 0.1) is 17.4 Å².